The molecule has 1 fully saturated rings. The monoisotopic (exact) mass is 335 g/mol. The second kappa shape index (κ2) is 6.01. The zero-order valence-corrected chi connectivity index (χ0v) is 13.7. The quantitative estimate of drug-likeness (QED) is 0.757. The molecule has 126 valence electrons. The van der Waals surface area contributed by atoms with Crippen LogP contribution >= 0.6 is 0 Å². The molecular formula is C18H17N5O2. The number of aromatic nitrogens is 3. The number of nitrogens with zero attached hydrogens (tertiary/aromatic N) is 3. The van der Waals surface area contributed by atoms with Crippen LogP contribution in [-0.2, 0) is 0 Å². The van der Waals surface area contributed by atoms with E-state index < -0.39 is 0 Å². The van der Waals surface area contributed by atoms with Gasteiger partial charge in [0.1, 0.15) is 5.52 Å². The molecule has 25 heavy (non-hydrogen) atoms. The van der Waals surface area contributed by atoms with Crippen molar-refractivity contribution < 1.29 is 9.53 Å². The topological polar surface area (TPSA) is 103 Å². The molecule has 7 nitrogen and oxygen atoms in total. The Labute approximate surface area is 144 Å². The Morgan fingerprint density at radius 2 is 2.00 bits per heavy atom. The average Bonchev–Trinajstić information content (AvgIpc) is 3.45. The second-order valence-corrected chi connectivity index (χ2v) is 5.97. The van der Waals surface area contributed by atoms with Crippen molar-refractivity contribution >= 4 is 22.5 Å². The number of nitrogen functional groups attached to an aromatic ring is 1. The van der Waals surface area contributed by atoms with E-state index in [0.29, 0.717) is 22.5 Å². The van der Waals surface area contributed by atoms with Crippen molar-refractivity contribution in [3.05, 3.63) is 42.2 Å². The van der Waals surface area contributed by atoms with Gasteiger partial charge in [-0.05, 0) is 25.0 Å². The second-order valence-electron chi connectivity index (χ2n) is 5.97. The van der Waals surface area contributed by atoms with Crippen molar-refractivity contribution in [2.24, 2.45) is 0 Å². The number of methoxy groups -OCH3 is 1. The fourth-order valence-electron chi connectivity index (χ4n) is 2.77. The predicted molar refractivity (Wildman–Crippen MR) is 94.2 cm³/mol. The lowest BCUT2D eigenvalue weighted by Gasteiger charge is -2.12. The normalized spacial score (nSPS) is 13.6. The van der Waals surface area contributed by atoms with Crippen LogP contribution in [0.2, 0.25) is 0 Å². The van der Waals surface area contributed by atoms with Crippen molar-refractivity contribution in [1.82, 2.24) is 20.5 Å². The molecule has 3 aromatic rings. The fraction of sp³-hybridized carbons (Fsp3) is 0.222. The number of nitrogens with one attached hydrogen (secondary N) is 1. The first-order valence-electron chi connectivity index (χ1n) is 8.04. The van der Waals surface area contributed by atoms with Crippen LogP contribution in [0.4, 0.5) is 5.69 Å². The highest BCUT2D eigenvalue weighted by atomic mass is 16.5. The van der Waals surface area contributed by atoms with Crippen LogP contribution in [0.5, 0.6) is 5.88 Å². The highest BCUT2D eigenvalue weighted by molar-refractivity contribution is 6.07. The summed E-state index contributed by atoms with van der Waals surface area (Å²) in [5, 5.41) is 11.9. The van der Waals surface area contributed by atoms with Crippen LogP contribution in [0.15, 0.2) is 36.5 Å². The maximum Gasteiger partial charge on any atom is 0.274 e. The molecule has 0 unspecified atom stereocenters. The number of hydrogen-bond acceptors (Lipinski definition) is 6. The zero-order valence-electron chi connectivity index (χ0n) is 13.7. The minimum Gasteiger partial charge on any atom is -0.481 e. The smallest absolute Gasteiger partial charge is 0.274 e. The lowest BCUT2D eigenvalue weighted by Crippen LogP contribution is -2.27. The van der Waals surface area contributed by atoms with Gasteiger partial charge in [-0.15, -0.1) is 10.2 Å². The molecule has 1 aromatic carbocycles. The summed E-state index contributed by atoms with van der Waals surface area (Å²) < 4.78 is 5.34. The molecule has 7 heteroatoms. The number of rotatable bonds is 4. The number of amides is 1. The van der Waals surface area contributed by atoms with Gasteiger partial charge in [-0.3, -0.25) is 4.79 Å². The predicted octanol–water partition coefficient (Wildman–Crippen LogP) is 2.17. The molecule has 2 heterocycles. The molecule has 0 atom stereocenters. The molecule has 4 rings (SSSR count). The van der Waals surface area contributed by atoms with Crippen LogP contribution in [-0.4, -0.2) is 34.2 Å². The number of pyridine rings is 1. The summed E-state index contributed by atoms with van der Waals surface area (Å²) >= 11 is 0. The molecule has 0 saturated heterocycles. The molecule has 1 aliphatic carbocycles. The van der Waals surface area contributed by atoms with Crippen LogP contribution in [0, 0.1) is 0 Å². The van der Waals surface area contributed by atoms with Crippen molar-refractivity contribution in [2.45, 2.75) is 18.9 Å². The average molecular weight is 335 g/mol. The first kappa shape index (κ1) is 15.3. The van der Waals surface area contributed by atoms with Gasteiger partial charge in [0.15, 0.2) is 5.69 Å². The van der Waals surface area contributed by atoms with E-state index in [4.69, 9.17) is 10.5 Å². The number of benzene rings is 1. The van der Waals surface area contributed by atoms with E-state index in [-0.39, 0.29) is 17.6 Å². The van der Waals surface area contributed by atoms with E-state index >= 15 is 0 Å². The molecule has 3 N–H and O–H groups in total. The number of carbonyl (C=O) groups is 1. The molecular weight excluding hydrogens is 318 g/mol. The molecule has 0 spiro atoms. The van der Waals surface area contributed by atoms with Crippen LogP contribution in [0.25, 0.3) is 22.0 Å². The van der Waals surface area contributed by atoms with Crippen molar-refractivity contribution in [3.8, 4) is 17.0 Å². The van der Waals surface area contributed by atoms with Gasteiger partial charge in [0, 0.05) is 28.8 Å². The summed E-state index contributed by atoms with van der Waals surface area (Å²) in [5.41, 5.74) is 8.91. The van der Waals surface area contributed by atoms with Gasteiger partial charge in [-0.2, -0.15) is 0 Å². The molecule has 0 radical (unpaired) electrons. The Morgan fingerprint density at radius 1 is 1.20 bits per heavy atom. The number of hydrogen-bond donors (Lipinski definition) is 2. The lowest BCUT2D eigenvalue weighted by atomic mass is 10.0. The Bertz CT molecular complexity index is 969. The summed E-state index contributed by atoms with van der Waals surface area (Å²) in [5.74, 6) is 0.213. The Hall–Kier alpha value is -3.22. The molecule has 0 bridgehead atoms. The minimum absolute atomic E-state index is 0.162. The molecule has 1 amide bonds. The van der Waals surface area contributed by atoms with Gasteiger partial charge in [0.25, 0.3) is 5.91 Å². The zero-order chi connectivity index (χ0) is 17.4. The summed E-state index contributed by atoms with van der Waals surface area (Å²) in [4.78, 5) is 16.5. The first-order chi connectivity index (χ1) is 12.2. The summed E-state index contributed by atoms with van der Waals surface area (Å²) in [6, 6.07) is 9.55. The summed E-state index contributed by atoms with van der Waals surface area (Å²) in [6.45, 7) is 0. The van der Waals surface area contributed by atoms with Gasteiger partial charge in [-0.25, -0.2) is 4.98 Å². The van der Waals surface area contributed by atoms with Gasteiger partial charge in [0.2, 0.25) is 5.88 Å². The van der Waals surface area contributed by atoms with Crippen molar-refractivity contribution in [2.75, 3.05) is 12.8 Å². The standard InChI is InChI=1S/C18H17N5O2/c1-25-18-12(6-3-9-20-18)11-4-2-5-13-14(19)16(23-22-15(11)13)17(24)21-10-7-8-10/h2-6,9-10H,7-8H2,1H3,(H2,19,22)(H,21,24). The minimum atomic E-state index is -0.279. The van der Waals surface area contributed by atoms with E-state index in [2.05, 4.69) is 20.5 Å². The molecule has 2 aromatic heterocycles. The lowest BCUT2D eigenvalue weighted by molar-refractivity contribution is 0.0946. The maximum absolute atomic E-state index is 12.3. The largest absolute Gasteiger partial charge is 0.481 e. The maximum atomic E-state index is 12.3. The summed E-state index contributed by atoms with van der Waals surface area (Å²) in [6.07, 6.45) is 3.66. The van der Waals surface area contributed by atoms with Gasteiger partial charge < -0.3 is 15.8 Å². The molecule has 1 saturated carbocycles. The third-order valence-electron chi connectivity index (χ3n) is 4.21. The van der Waals surface area contributed by atoms with Crippen LogP contribution in [0.1, 0.15) is 23.3 Å². The first-order valence-corrected chi connectivity index (χ1v) is 8.04. The van der Waals surface area contributed by atoms with E-state index in [0.717, 1.165) is 24.0 Å². The Morgan fingerprint density at radius 3 is 2.76 bits per heavy atom. The highest BCUT2D eigenvalue weighted by Crippen LogP contribution is 2.34. The number of carbonyl (C=O) groups excluding carboxylic acids is 1. The number of nitrogens with two attached hydrogens (primary N) is 1. The molecule has 0 aliphatic heterocycles. The van der Waals surface area contributed by atoms with Gasteiger partial charge in [0.05, 0.1) is 12.8 Å². The fourth-order valence-corrected chi connectivity index (χ4v) is 2.77. The third kappa shape index (κ3) is 2.73. The SMILES string of the molecule is COc1ncccc1-c1cccc2c(N)c(C(=O)NC3CC3)nnc12. The Balaban J connectivity index is 1.85. The Kier molecular flexibility index (Phi) is 3.68. The van der Waals surface area contributed by atoms with E-state index in [9.17, 15) is 4.79 Å². The van der Waals surface area contributed by atoms with Crippen molar-refractivity contribution in [1.29, 1.82) is 0 Å². The van der Waals surface area contributed by atoms with Crippen LogP contribution < -0.4 is 15.8 Å². The number of fused-ring (bicyclic) bond motifs is 1. The third-order valence-corrected chi connectivity index (χ3v) is 4.21. The van der Waals surface area contributed by atoms with E-state index in [1.807, 2.05) is 30.3 Å². The molecule has 1 aliphatic rings. The van der Waals surface area contributed by atoms with Crippen molar-refractivity contribution in [3.63, 3.8) is 0 Å². The van der Waals surface area contributed by atoms with E-state index in [1.165, 1.54) is 0 Å². The van der Waals surface area contributed by atoms with Gasteiger partial charge in [-0.1, -0.05) is 18.2 Å². The number of anilines is 1. The van der Waals surface area contributed by atoms with Gasteiger partial charge >= 0.3 is 0 Å². The van der Waals surface area contributed by atoms with Crippen LogP contribution in [0.3, 0.4) is 0 Å². The highest BCUT2D eigenvalue weighted by Gasteiger charge is 2.26. The summed E-state index contributed by atoms with van der Waals surface area (Å²) in [7, 11) is 1.57. The number of ether oxygens (including phenoxy) is 1. The van der Waals surface area contributed by atoms with E-state index in [1.54, 1.807) is 13.3 Å².